The lowest BCUT2D eigenvalue weighted by atomic mass is 9.84. The van der Waals surface area contributed by atoms with Gasteiger partial charge in [-0.2, -0.15) is 0 Å². The van der Waals surface area contributed by atoms with Crippen molar-refractivity contribution in [2.24, 2.45) is 5.41 Å². The zero-order valence-electron chi connectivity index (χ0n) is 17.3. The summed E-state index contributed by atoms with van der Waals surface area (Å²) in [5, 5.41) is 59.2. The minimum atomic E-state index is -1.62. The molecule has 1 saturated heterocycles. The molecule has 7 atom stereocenters. The highest BCUT2D eigenvalue weighted by atomic mass is 16.7. The Morgan fingerprint density at radius 2 is 1.77 bits per heavy atom. The molecule has 1 aliphatic heterocycles. The molecule has 0 amide bonds. The summed E-state index contributed by atoms with van der Waals surface area (Å²) >= 11 is 0. The number of hydrogen-bond acceptors (Lipinski definition) is 9. The third kappa shape index (κ3) is 3.49. The number of ketones is 1. The van der Waals surface area contributed by atoms with E-state index >= 15 is 0 Å². The maximum atomic E-state index is 13.3. The second kappa shape index (κ2) is 8.60. The van der Waals surface area contributed by atoms with Crippen molar-refractivity contribution < 1.29 is 44.9 Å². The van der Waals surface area contributed by atoms with Gasteiger partial charge in [0.1, 0.15) is 30.5 Å². The van der Waals surface area contributed by atoms with Crippen LogP contribution in [0.2, 0.25) is 0 Å². The summed E-state index contributed by atoms with van der Waals surface area (Å²) in [6, 6.07) is 1.76. The zero-order valence-corrected chi connectivity index (χ0v) is 17.3. The van der Waals surface area contributed by atoms with Crippen molar-refractivity contribution >= 4 is 5.78 Å². The quantitative estimate of drug-likeness (QED) is 0.332. The zero-order chi connectivity index (χ0) is 22.4. The molecule has 9 nitrogen and oxygen atoms in total. The minimum absolute atomic E-state index is 0.0727. The van der Waals surface area contributed by atoms with Crippen molar-refractivity contribution in [3.63, 3.8) is 0 Å². The van der Waals surface area contributed by atoms with E-state index in [0.717, 1.165) is 11.1 Å². The number of aliphatic hydroxyl groups is 6. The number of Topliss-reactive ketones (excluding diaryl/α,β-unsaturated/α-hetero) is 1. The number of ether oxygens (including phenoxy) is 2. The summed E-state index contributed by atoms with van der Waals surface area (Å²) in [4.78, 5) is 13.3. The van der Waals surface area contributed by atoms with E-state index in [1.807, 2.05) is 6.92 Å². The Morgan fingerprint density at radius 1 is 1.10 bits per heavy atom. The van der Waals surface area contributed by atoms with Crippen molar-refractivity contribution in [1.29, 1.82) is 0 Å². The van der Waals surface area contributed by atoms with Crippen LogP contribution in [0.4, 0.5) is 0 Å². The standard InChI is InChI=1S/C21H30O9/c1-9-6-12-14(10(2)11(9)4-5-22)18(28)21(3,8-24)19(12)30-20-17(27)16(26)15(25)13(7-23)29-20/h6,13,15-17,19-20,22-27H,4-5,7-8H2,1-3H3. The van der Waals surface area contributed by atoms with Gasteiger partial charge in [-0.05, 0) is 49.4 Å². The predicted molar refractivity (Wildman–Crippen MR) is 104 cm³/mol. The SMILES string of the molecule is Cc1cc2c(c(C)c1CCO)C(=O)C(C)(CO)C2OC1OC(CO)C(O)C(O)C1O. The van der Waals surface area contributed by atoms with Crippen LogP contribution in [0, 0.1) is 19.3 Å². The third-order valence-corrected chi connectivity index (χ3v) is 6.38. The number of aliphatic hydroxyl groups excluding tert-OH is 6. The molecular formula is C21H30O9. The summed E-state index contributed by atoms with van der Waals surface area (Å²) in [5.41, 5.74) is 1.94. The van der Waals surface area contributed by atoms with Gasteiger partial charge < -0.3 is 40.1 Å². The first-order chi connectivity index (χ1) is 14.1. The van der Waals surface area contributed by atoms with E-state index in [4.69, 9.17) is 9.47 Å². The molecule has 168 valence electrons. The summed E-state index contributed by atoms with van der Waals surface area (Å²) in [5.74, 6) is -0.328. The molecule has 1 heterocycles. The number of rotatable bonds is 6. The van der Waals surface area contributed by atoms with Crippen molar-refractivity contribution in [2.45, 2.75) is 64.0 Å². The van der Waals surface area contributed by atoms with E-state index in [9.17, 15) is 35.4 Å². The Hall–Kier alpha value is -1.43. The summed E-state index contributed by atoms with van der Waals surface area (Å²) in [6.45, 7) is 3.97. The monoisotopic (exact) mass is 426 g/mol. The highest BCUT2D eigenvalue weighted by Gasteiger charge is 2.54. The molecule has 30 heavy (non-hydrogen) atoms. The number of aryl methyl sites for hydroxylation is 1. The molecular weight excluding hydrogens is 396 g/mol. The molecule has 0 spiro atoms. The lowest BCUT2D eigenvalue weighted by Crippen LogP contribution is -2.59. The van der Waals surface area contributed by atoms with Crippen LogP contribution in [-0.4, -0.2) is 86.9 Å². The first-order valence-electron chi connectivity index (χ1n) is 9.97. The number of benzene rings is 1. The number of fused-ring (bicyclic) bond motifs is 1. The first kappa shape index (κ1) is 23.2. The largest absolute Gasteiger partial charge is 0.396 e. The fourth-order valence-corrected chi connectivity index (χ4v) is 4.50. The second-order valence-corrected chi connectivity index (χ2v) is 8.35. The van der Waals surface area contributed by atoms with Crippen LogP contribution in [0.1, 0.15) is 45.6 Å². The van der Waals surface area contributed by atoms with Crippen molar-refractivity contribution in [3.05, 3.63) is 33.9 Å². The summed E-state index contributed by atoms with van der Waals surface area (Å²) < 4.78 is 11.4. The van der Waals surface area contributed by atoms with Gasteiger partial charge in [0.15, 0.2) is 12.1 Å². The van der Waals surface area contributed by atoms with Gasteiger partial charge in [0.05, 0.1) is 18.6 Å². The Bertz CT molecular complexity index is 808. The fourth-order valence-electron chi connectivity index (χ4n) is 4.50. The smallest absolute Gasteiger partial charge is 0.187 e. The lowest BCUT2D eigenvalue weighted by molar-refractivity contribution is -0.318. The maximum absolute atomic E-state index is 13.3. The Balaban J connectivity index is 2.04. The highest BCUT2D eigenvalue weighted by molar-refractivity contribution is 6.07. The molecule has 0 radical (unpaired) electrons. The van der Waals surface area contributed by atoms with Gasteiger partial charge in [0, 0.05) is 12.2 Å². The summed E-state index contributed by atoms with van der Waals surface area (Å²) in [6.07, 6.45) is -7.97. The van der Waals surface area contributed by atoms with E-state index in [2.05, 4.69) is 0 Å². The summed E-state index contributed by atoms with van der Waals surface area (Å²) in [7, 11) is 0. The predicted octanol–water partition coefficient (Wildman–Crippen LogP) is -1.11. The van der Waals surface area contributed by atoms with Gasteiger partial charge >= 0.3 is 0 Å². The molecule has 6 N–H and O–H groups in total. The van der Waals surface area contributed by atoms with Crippen LogP contribution in [-0.2, 0) is 15.9 Å². The van der Waals surface area contributed by atoms with Gasteiger partial charge in [-0.15, -0.1) is 0 Å². The van der Waals surface area contributed by atoms with Crippen molar-refractivity contribution in [3.8, 4) is 0 Å². The fraction of sp³-hybridized carbons (Fsp3) is 0.667. The van der Waals surface area contributed by atoms with E-state index in [1.165, 1.54) is 0 Å². The van der Waals surface area contributed by atoms with E-state index in [1.54, 1.807) is 19.9 Å². The Morgan fingerprint density at radius 3 is 2.33 bits per heavy atom. The topological polar surface area (TPSA) is 157 Å². The van der Waals surface area contributed by atoms with Crippen LogP contribution in [0.15, 0.2) is 6.07 Å². The Kier molecular flexibility index (Phi) is 6.66. The molecule has 1 aromatic carbocycles. The van der Waals surface area contributed by atoms with Gasteiger partial charge in [0.2, 0.25) is 0 Å². The molecule has 9 heteroatoms. The number of hydrogen-bond donors (Lipinski definition) is 6. The van der Waals surface area contributed by atoms with Crippen LogP contribution in [0.5, 0.6) is 0 Å². The number of carbonyl (C=O) groups excluding carboxylic acids is 1. The maximum Gasteiger partial charge on any atom is 0.187 e. The van der Waals surface area contributed by atoms with Crippen LogP contribution in [0.3, 0.4) is 0 Å². The first-order valence-corrected chi connectivity index (χ1v) is 9.97. The molecule has 1 aromatic rings. The van der Waals surface area contributed by atoms with Crippen LogP contribution >= 0.6 is 0 Å². The Labute approximate surface area is 174 Å². The lowest BCUT2D eigenvalue weighted by Gasteiger charge is -2.42. The van der Waals surface area contributed by atoms with Gasteiger partial charge in [-0.3, -0.25) is 4.79 Å². The van der Waals surface area contributed by atoms with E-state index in [-0.39, 0.29) is 12.4 Å². The minimum Gasteiger partial charge on any atom is -0.396 e. The van der Waals surface area contributed by atoms with E-state index < -0.39 is 55.4 Å². The van der Waals surface area contributed by atoms with Gasteiger partial charge in [-0.1, -0.05) is 6.07 Å². The van der Waals surface area contributed by atoms with Gasteiger partial charge in [0.25, 0.3) is 0 Å². The third-order valence-electron chi connectivity index (χ3n) is 6.38. The van der Waals surface area contributed by atoms with Gasteiger partial charge in [-0.25, -0.2) is 0 Å². The molecule has 0 saturated carbocycles. The van der Waals surface area contributed by atoms with Crippen LogP contribution in [0.25, 0.3) is 0 Å². The molecule has 1 fully saturated rings. The van der Waals surface area contributed by atoms with Crippen molar-refractivity contribution in [1.82, 2.24) is 0 Å². The highest BCUT2D eigenvalue weighted by Crippen LogP contribution is 2.50. The average Bonchev–Trinajstić information content (AvgIpc) is 2.93. The van der Waals surface area contributed by atoms with Crippen LogP contribution < -0.4 is 0 Å². The normalized spacial score (nSPS) is 36.2. The molecule has 7 unspecified atom stereocenters. The molecule has 3 rings (SSSR count). The molecule has 0 aromatic heterocycles. The van der Waals surface area contributed by atoms with Crippen molar-refractivity contribution in [2.75, 3.05) is 19.8 Å². The number of carbonyl (C=O) groups is 1. The molecule has 1 aliphatic carbocycles. The van der Waals surface area contributed by atoms with E-state index in [0.29, 0.717) is 23.1 Å². The second-order valence-electron chi connectivity index (χ2n) is 8.35. The molecule has 0 bridgehead atoms. The average molecular weight is 426 g/mol. The molecule has 2 aliphatic rings.